The molecule has 3 heteroatoms. The Morgan fingerprint density at radius 1 is 1.42 bits per heavy atom. The van der Waals surface area contributed by atoms with Gasteiger partial charge in [-0.25, -0.2) is 0 Å². The van der Waals surface area contributed by atoms with Gasteiger partial charge in [-0.2, -0.15) is 0 Å². The van der Waals surface area contributed by atoms with Crippen LogP contribution in [0, 0.1) is 0 Å². The molecule has 0 aliphatic carbocycles. The number of aliphatic hydroxyl groups is 1. The second-order valence-corrected chi connectivity index (χ2v) is 2.58. The molecule has 0 atom stereocenters. The van der Waals surface area contributed by atoms with Gasteiger partial charge in [-0.05, 0) is 32.3 Å². The smallest absolute Gasteiger partial charge is 0.243 e. The molecule has 70 valence electrons. The van der Waals surface area contributed by atoms with E-state index in [2.05, 4.69) is 5.32 Å². The first-order valence-corrected chi connectivity index (χ1v) is 4.32. The van der Waals surface area contributed by atoms with E-state index in [0.717, 1.165) is 19.3 Å². The van der Waals surface area contributed by atoms with Gasteiger partial charge in [0.05, 0.1) is 0 Å². The molecule has 0 radical (unpaired) electrons. The Morgan fingerprint density at radius 2 is 2.17 bits per heavy atom. The molecule has 0 saturated heterocycles. The monoisotopic (exact) mass is 171 g/mol. The second-order valence-electron chi connectivity index (χ2n) is 2.58. The Morgan fingerprint density at radius 3 is 2.75 bits per heavy atom. The Bertz CT molecular complexity index is 143. The van der Waals surface area contributed by atoms with Gasteiger partial charge in [-0.15, -0.1) is 0 Å². The molecule has 0 rings (SSSR count). The Balaban J connectivity index is 3.14. The lowest BCUT2D eigenvalue weighted by atomic mass is 10.2. The van der Waals surface area contributed by atoms with Crippen LogP contribution in [0.3, 0.4) is 0 Å². The van der Waals surface area contributed by atoms with Crippen LogP contribution in [0.2, 0.25) is 0 Å². The fraction of sp³-hybridized carbons (Fsp3) is 0.667. The second kappa shape index (κ2) is 8.27. The minimum atomic E-state index is -0.0403. The number of unbranched alkanes of at least 4 members (excludes halogenated alkanes) is 2. The molecule has 0 saturated carbocycles. The van der Waals surface area contributed by atoms with E-state index in [0.29, 0.717) is 6.54 Å². The number of carbonyl (C=O) groups is 1. The minimum Gasteiger partial charge on any atom is -0.396 e. The molecule has 0 spiro atoms. The van der Waals surface area contributed by atoms with Gasteiger partial charge < -0.3 is 10.4 Å². The van der Waals surface area contributed by atoms with E-state index >= 15 is 0 Å². The maximum absolute atomic E-state index is 10.8. The van der Waals surface area contributed by atoms with Crippen LogP contribution in [0.25, 0.3) is 0 Å². The molecular weight excluding hydrogens is 154 g/mol. The van der Waals surface area contributed by atoms with Crippen molar-refractivity contribution in [2.75, 3.05) is 13.2 Å². The predicted molar refractivity (Wildman–Crippen MR) is 48.8 cm³/mol. The molecule has 3 nitrogen and oxygen atoms in total. The molecule has 0 aromatic rings. The van der Waals surface area contributed by atoms with Crippen molar-refractivity contribution in [2.24, 2.45) is 0 Å². The highest BCUT2D eigenvalue weighted by Gasteiger charge is 1.92. The lowest BCUT2D eigenvalue weighted by Crippen LogP contribution is -2.21. The summed E-state index contributed by atoms with van der Waals surface area (Å²) in [7, 11) is 0. The van der Waals surface area contributed by atoms with Gasteiger partial charge in [0.1, 0.15) is 0 Å². The summed E-state index contributed by atoms with van der Waals surface area (Å²) < 4.78 is 0. The summed E-state index contributed by atoms with van der Waals surface area (Å²) in [5.41, 5.74) is 0. The van der Waals surface area contributed by atoms with Crippen molar-refractivity contribution in [3.63, 3.8) is 0 Å². The number of rotatable bonds is 6. The van der Waals surface area contributed by atoms with Crippen LogP contribution in [-0.2, 0) is 4.79 Å². The van der Waals surface area contributed by atoms with Crippen LogP contribution in [0.15, 0.2) is 12.2 Å². The third kappa shape index (κ3) is 7.28. The molecule has 0 aliphatic heterocycles. The third-order valence-corrected chi connectivity index (χ3v) is 1.45. The lowest BCUT2D eigenvalue weighted by Gasteiger charge is -2.00. The number of hydrogen-bond acceptors (Lipinski definition) is 2. The summed E-state index contributed by atoms with van der Waals surface area (Å²) in [5.74, 6) is -0.0403. The van der Waals surface area contributed by atoms with Crippen LogP contribution in [0.1, 0.15) is 26.2 Å². The number of hydrogen-bond donors (Lipinski definition) is 2. The van der Waals surface area contributed by atoms with E-state index in [9.17, 15) is 4.79 Å². The van der Waals surface area contributed by atoms with E-state index in [1.165, 1.54) is 6.08 Å². The van der Waals surface area contributed by atoms with Crippen LogP contribution in [-0.4, -0.2) is 24.2 Å². The topological polar surface area (TPSA) is 49.3 Å². The summed E-state index contributed by atoms with van der Waals surface area (Å²) in [4.78, 5) is 10.8. The maximum atomic E-state index is 10.8. The van der Waals surface area contributed by atoms with Crippen molar-refractivity contribution < 1.29 is 9.90 Å². The highest BCUT2D eigenvalue weighted by Crippen LogP contribution is 1.91. The normalized spacial score (nSPS) is 10.5. The van der Waals surface area contributed by atoms with Gasteiger partial charge in [0.25, 0.3) is 0 Å². The molecular formula is C9H17NO2. The Kier molecular flexibility index (Phi) is 7.70. The van der Waals surface area contributed by atoms with Crippen LogP contribution >= 0.6 is 0 Å². The van der Waals surface area contributed by atoms with Gasteiger partial charge in [0.2, 0.25) is 5.91 Å². The molecule has 12 heavy (non-hydrogen) atoms. The van der Waals surface area contributed by atoms with Gasteiger partial charge in [0, 0.05) is 13.2 Å². The first-order valence-electron chi connectivity index (χ1n) is 4.32. The van der Waals surface area contributed by atoms with Gasteiger partial charge in [0.15, 0.2) is 0 Å². The van der Waals surface area contributed by atoms with Crippen LogP contribution in [0.4, 0.5) is 0 Å². The largest absolute Gasteiger partial charge is 0.396 e. The fourth-order valence-corrected chi connectivity index (χ4v) is 0.835. The molecule has 0 bridgehead atoms. The summed E-state index contributed by atoms with van der Waals surface area (Å²) in [6.07, 6.45) is 5.94. The van der Waals surface area contributed by atoms with Gasteiger partial charge >= 0.3 is 0 Å². The maximum Gasteiger partial charge on any atom is 0.243 e. The summed E-state index contributed by atoms with van der Waals surface area (Å²) in [6, 6.07) is 0. The van der Waals surface area contributed by atoms with Crippen molar-refractivity contribution in [3.05, 3.63) is 12.2 Å². The van der Waals surface area contributed by atoms with Crippen molar-refractivity contribution in [3.8, 4) is 0 Å². The van der Waals surface area contributed by atoms with Crippen molar-refractivity contribution in [1.82, 2.24) is 5.32 Å². The zero-order valence-corrected chi connectivity index (χ0v) is 7.55. The number of nitrogens with one attached hydrogen (secondary N) is 1. The number of allylic oxidation sites excluding steroid dienone is 1. The third-order valence-electron chi connectivity index (χ3n) is 1.45. The van der Waals surface area contributed by atoms with Crippen molar-refractivity contribution in [2.45, 2.75) is 26.2 Å². The highest BCUT2D eigenvalue weighted by atomic mass is 16.2. The molecule has 0 aliphatic rings. The van der Waals surface area contributed by atoms with Crippen molar-refractivity contribution in [1.29, 1.82) is 0 Å². The van der Waals surface area contributed by atoms with Crippen LogP contribution in [0.5, 0.6) is 0 Å². The summed E-state index contributed by atoms with van der Waals surface area (Å²) >= 11 is 0. The fourth-order valence-electron chi connectivity index (χ4n) is 0.835. The zero-order valence-electron chi connectivity index (χ0n) is 7.55. The molecule has 0 aromatic heterocycles. The Labute approximate surface area is 73.5 Å². The summed E-state index contributed by atoms with van der Waals surface area (Å²) in [5, 5.41) is 11.2. The van der Waals surface area contributed by atoms with E-state index in [1.54, 1.807) is 6.08 Å². The van der Waals surface area contributed by atoms with E-state index in [4.69, 9.17) is 5.11 Å². The van der Waals surface area contributed by atoms with E-state index < -0.39 is 0 Å². The predicted octanol–water partition coefficient (Wildman–Crippen LogP) is 0.841. The SMILES string of the molecule is C/C=C/C(=O)NCCCCCO. The molecule has 0 heterocycles. The standard InChI is InChI=1S/C9H17NO2/c1-2-6-9(12)10-7-4-3-5-8-11/h2,6,11H,3-5,7-8H2,1H3,(H,10,12)/b6-2+. The lowest BCUT2D eigenvalue weighted by molar-refractivity contribution is -0.116. The molecule has 0 aromatic carbocycles. The molecule has 2 N–H and O–H groups in total. The van der Waals surface area contributed by atoms with Crippen molar-refractivity contribution >= 4 is 5.91 Å². The average Bonchev–Trinajstić information content (AvgIpc) is 2.05. The van der Waals surface area contributed by atoms with Gasteiger partial charge in [-0.1, -0.05) is 6.08 Å². The molecule has 1 amide bonds. The first kappa shape index (κ1) is 11.2. The quantitative estimate of drug-likeness (QED) is 0.459. The van der Waals surface area contributed by atoms with Crippen LogP contribution < -0.4 is 5.32 Å². The first-order chi connectivity index (χ1) is 5.81. The molecule has 0 unspecified atom stereocenters. The van der Waals surface area contributed by atoms with E-state index in [-0.39, 0.29) is 12.5 Å². The zero-order chi connectivity index (χ0) is 9.23. The summed E-state index contributed by atoms with van der Waals surface area (Å²) in [6.45, 7) is 2.75. The number of aliphatic hydroxyl groups excluding tert-OH is 1. The minimum absolute atomic E-state index is 0.0403. The average molecular weight is 171 g/mol. The highest BCUT2D eigenvalue weighted by molar-refractivity contribution is 5.87. The molecule has 0 fully saturated rings. The van der Waals surface area contributed by atoms with Gasteiger partial charge in [-0.3, -0.25) is 4.79 Å². The number of amides is 1. The van der Waals surface area contributed by atoms with E-state index in [1.807, 2.05) is 6.92 Å². The Hall–Kier alpha value is -0.830. The number of carbonyl (C=O) groups excluding carboxylic acids is 1.